The maximum absolute atomic E-state index is 11.8. The van der Waals surface area contributed by atoms with Gasteiger partial charge in [-0.2, -0.15) is 5.10 Å². The van der Waals surface area contributed by atoms with Crippen molar-refractivity contribution in [2.24, 2.45) is 5.10 Å². The Balaban J connectivity index is 1.88. The number of nitrogens with one attached hydrogen (secondary N) is 2. The Labute approximate surface area is 155 Å². The highest BCUT2D eigenvalue weighted by Crippen LogP contribution is 2.23. The summed E-state index contributed by atoms with van der Waals surface area (Å²) < 4.78 is 10.3. The molecule has 2 aromatic rings. The fraction of sp³-hybridized carbons (Fsp3) is 0.167. The molecule has 7 nitrogen and oxygen atoms in total. The standard InChI is InChI=1S/C18H18ClN3O4/c1-25-15-7-6-12(16(9-15)26-2)11-20-22-18(24)10-17(23)21-14-5-3-4-13(19)8-14/h3-9,11H,10H2,1-2H3,(H,21,23)(H,22,24)/b20-11-. The Hall–Kier alpha value is -3.06. The zero-order valence-electron chi connectivity index (χ0n) is 14.3. The van der Waals surface area contributed by atoms with Gasteiger partial charge in [0.1, 0.15) is 17.9 Å². The van der Waals surface area contributed by atoms with Crippen LogP contribution in [0.5, 0.6) is 11.5 Å². The van der Waals surface area contributed by atoms with Crippen LogP contribution in [0.2, 0.25) is 5.02 Å². The summed E-state index contributed by atoms with van der Waals surface area (Å²) in [5.41, 5.74) is 3.46. The molecule has 0 aliphatic heterocycles. The lowest BCUT2D eigenvalue weighted by molar-refractivity contribution is -0.126. The molecule has 0 bridgehead atoms. The number of carbonyl (C=O) groups excluding carboxylic acids is 2. The van der Waals surface area contributed by atoms with Crippen LogP contribution in [0.25, 0.3) is 0 Å². The minimum Gasteiger partial charge on any atom is -0.497 e. The number of hydrogen-bond donors (Lipinski definition) is 2. The summed E-state index contributed by atoms with van der Waals surface area (Å²) in [6.45, 7) is 0. The van der Waals surface area contributed by atoms with E-state index in [0.29, 0.717) is 27.8 Å². The number of amides is 2. The number of halogens is 1. The van der Waals surface area contributed by atoms with Crippen LogP contribution in [0, 0.1) is 0 Å². The van der Waals surface area contributed by atoms with Gasteiger partial charge in [0.15, 0.2) is 0 Å². The first-order valence-electron chi connectivity index (χ1n) is 7.61. The summed E-state index contributed by atoms with van der Waals surface area (Å²) in [7, 11) is 3.07. The molecule has 0 spiro atoms. The van der Waals surface area contributed by atoms with Crippen molar-refractivity contribution < 1.29 is 19.1 Å². The molecular formula is C18H18ClN3O4. The molecule has 0 atom stereocenters. The average Bonchev–Trinajstić information content (AvgIpc) is 2.61. The number of methoxy groups -OCH3 is 2. The van der Waals surface area contributed by atoms with Gasteiger partial charge in [0.05, 0.1) is 20.4 Å². The molecule has 0 unspecified atom stereocenters. The third-order valence-corrected chi connectivity index (χ3v) is 3.50. The Morgan fingerprint density at radius 1 is 1.12 bits per heavy atom. The molecule has 0 radical (unpaired) electrons. The Morgan fingerprint density at radius 3 is 2.62 bits per heavy atom. The molecule has 8 heteroatoms. The predicted molar refractivity (Wildman–Crippen MR) is 100.0 cm³/mol. The lowest BCUT2D eigenvalue weighted by atomic mass is 10.2. The van der Waals surface area contributed by atoms with Crippen LogP contribution in [-0.4, -0.2) is 32.2 Å². The molecule has 0 fully saturated rings. The number of hydrazone groups is 1. The molecule has 2 amide bonds. The lowest BCUT2D eigenvalue weighted by Gasteiger charge is -2.07. The van der Waals surface area contributed by atoms with Gasteiger partial charge in [0.2, 0.25) is 11.8 Å². The molecule has 2 N–H and O–H groups in total. The normalized spacial score (nSPS) is 10.4. The first-order chi connectivity index (χ1) is 12.5. The van der Waals surface area contributed by atoms with Gasteiger partial charge < -0.3 is 14.8 Å². The van der Waals surface area contributed by atoms with Gasteiger partial charge in [-0.3, -0.25) is 9.59 Å². The number of benzene rings is 2. The lowest BCUT2D eigenvalue weighted by Crippen LogP contribution is -2.24. The molecule has 0 aromatic heterocycles. The van der Waals surface area contributed by atoms with Crippen molar-refractivity contribution in [3.05, 3.63) is 53.1 Å². The molecule has 0 aliphatic rings. The highest BCUT2D eigenvalue weighted by atomic mass is 35.5. The van der Waals surface area contributed by atoms with Gasteiger partial charge in [-0.15, -0.1) is 0 Å². The Morgan fingerprint density at radius 2 is 1.92 bits per heavy atom. The van der Waals surface area contributed by atoms with E-state index in [0.717, 1.165) is 0 Å². The summed E-state index contributed by atoms with van der Waals surface area (Å²) in [5, 5.41) is 6.91. The first-order valence-corrected chi connectivity index (χ1v) is 7.99. The molecule has 0 aliphatic carbocycles. The fourth-order valence-electron chi connectivity index (χ4n) is 2.06. The number of nitrogens with zero attached hydrogens (tertiary/aromatic N) is 1. The van der Waals surface area contributed by atoms with E-state index in [1.165, 1.54) is 13.3 Å². The fourth-order valence-corrected chi connectivity index (χ4v) is 2.25. The number of carbonyl (C=O) groups is 2. The summed E-state index contributed by atoms with van der Waals surface area (Å²) in [6, 6.07) is 11.8. The van der Waals surface area contributed by atoms with Gasteiger partial charge in [-0.05, 0) is 30.3 Å². The highest BCUT2D eigenvalue weighted by molar-refractivity contribution is 6.30. The van der Waals surface area contributed by atoms with E-state index < -0.39 is 11.8 Å². The zero-order chi connectivity index (χ0) is 18.9. The quantitative estimate of drug-likeness (QED) is 0.442. The van der Waals surface area contributed by atoms with Crippen LogP contribution in [0.1, 0.15) is 12.0 Å². The summed E-state index contributed by atoms with van der Waals surface area (Å²) in [4.78, 5) is 23.6. The smallest absolute Gasteiger partial charge is 0.249 e. The zero-order valence-corrected chi connectivity index (χ0v) is 15.0. The van der Waals surface area contributed by atoms with E-state index in [1.54, 1.807) is 49.6 Å². The van der Waals surface area contributed by atoms with Crippen molar-refractivity contribution >= 4 is 35.3 Å². The van der Waals surface area contributed by atoms with Crippen LogP contribution >= 0.6 is 11.6 Å². The molecule has 0 heterocycles. The number of ether oxygens (including phenoxy) is 2. The van der Waals surface area contributed by atoms with Crippen molar-refractivity contribution in [3.8, 4) is 11.5 Å². The molecular weight excluding hydrogens is 358 g/mol. The third kappa shape index (κ3) is 5.78. The molecule has 0 saturated carbocycles. The van der Waals surface area contributed by atoms with Crippen molar-refractivity contribution in [1.29, 1.82) is 0 Å². The Bertz CT molecular complexity index is 824. The molecule has 136 valence electrons. The minimum absolute atomic E-state index is 0.371. The SMILES string of the molecule is COc1ccc(/C=N\NC(=O)CC(=O)Nc2cccc(Cl)c2)c(OC)c1. The molecule has 2 rings (SSSR count). The van der Waals surface area contributed by atoms with Gasteiger partial charge in [0, 0.05) is 22.3 Å². The second-order valence-electron chi connectivity index (χ2n) is 5.14. The van der Waals surface area contributed by atoms with Gasteiger partial charge in [0.25, 0.3) is 0 Å². The van der Waals surface area contributed by atoms with E-state index in [1.807, 2.05) is 0 Å². The summed E-state index contributed by atoms with van der Waals surface area (Å²) in [6.07, 6.45) is 1.05. The van der Waals surface area contributed by atoms with E-state index >= 15 is 0 Å². The Kier molecular flexibility index (Phi) is 6.99. The van der Waals surface area contributed by atoms with Gasteiger partial charge >= 0.3 is 0 Å². The molecule has 2 aromatic carbocycles. The monoisotopic (exact) mass is 375 g/mol. The summed E-state index contributed by atoms with van der Waals surface area (Å²) in [5.74, 6) is 0.164. The van der Waals surface area contributed by atoms with Gasteiger partial charge in [-0.25, -0.2) is 5.43 Å². The van der Waals surface area contributed by atoms with E-state index in [-0.39, 0.29) is 6.42 Å². The van der Waals surface area contributed by atoms with Crippen LogP contribution in [-0.2, 0) is 9.59 Å². The number of anilines is 1. The number of hydrogen-bond acceptors (Lipinski definition) is 5. The number of rotatable bonds is 7. The van der Waals surface area contributed by atoms with Crippen molar-refractivity contribution in [2.75, 3.05) is 19.5 Å². The second kappa shape index (κ2) is 9.43. The van der Waals surface area contributed by atoms with Crippen molar-refractivity contribution in [1.82, 2.24) is 5.43 Å². The third-order valence-electron chi connectivity index (χ3n) is 3.26. The van der Waals surface area contributed by atoms with E-state index in [4.69, 9.17) is 21.1 Å². The van der Waals surface area contributed by atoms with Crippen molar-refractivity contribution in [2.45, 2.75) is 6.42 Å². The van der Waals surface area contributed by atoms with Gasteiger partial charge in [-0.1, -0.05) is 17.7 Å². The largest absolute Gasteiger partial charge is 0.497 e. The van der Waals surface area contributed by atoms with Crippen LogP contribution in [0.3, 0.4) is 0 Å². The predicted octanol–water partition coefficient (Wildman–Crippen LogP) is 2.84. The molecule has 0 saturated heterocycles. The first kappa shape index (κ1) is 19.3. The topological polar surface area (TPSA) is 89.0 Å². The second-order valence-corrected chi connectivity index (χ2v) is 5.57. The minimum atomic E-state index is -0.548. The summed E-state index contributed by atoms with van der Waals surface area (Å²) >= 11 is 5.84. The highest BCUT2D eigenvalue weighted by Gasteiger charge is 2.09. The molecule has 26 heavy (non-hydrogen) atoms. The average molecular weight is 376 g/mol. The van der Waals surface area contributed by atoms with Crippen LogP contribution in [0.4, 0.5) is 5.69 Å². The van der Waals surface area contributed by atoms with E-state index in [9.17, 15) is 9.59 Å². The maximum atomic E-state index is 11.8. The van der Waals surface area contributed by atoms with E-state index in [2.05, 4.69) is 15.8 Å². The maximum Gasteiger partial charge on any atom is 0.249 e. The van der Waals surface area contributed by atoms with Crippen molar-refractivity contribution in [3.63, 3.8) is 0 Å². The van der Waals surface area contributed by atoms with Crippen LogP contribution < -0.4 is 20.2 Å². The van der Waals surface area contributed by atoms with Crippen LogP contribution in [0.15, 0.2) is 47.6 Å².